The van der Waals surface area contributed by atoms with Crippen LogP contribution in [0.1, 0.15) is 5.56 Å². The number of benzene rings is 1. The smallest absolute Gasteiger partial charge is 0.387 e. The number of hydrogen-bond donors (Lipinski definition) is 2. The lowest BCUT2D eigenvalue weighted by molar-refractivity contribution is -0.0505. The Kier molecular flexibility index (Phi) is 6.66. The molecular formula is C18H20F2N4O4. The molecule has 1 aliphatic rings. The zero-order valence-corrected chi connectivity index (χ0v) is 15.2. The molecule has 2 N–H and O–H groups in total. The van der Waals surface area contributed by atoms with Crippen LogP contribution in [0.2, 0.25) is 0 Å². The fourth-order valence-corrected chi connectivity index (χ4v) is 2.48. The summed E-state index contributed by atoms with van der Waals surface area (Å²) in [6.45, 7) is -1.82. The minimum Gasteiger partial charge on any atom is -0.490 e. The third kappa shape index (κ3) is 5.35. The first-order valence-corrected chi connectivity index (χ1v) is 8.50. The standard InChI is InChI=1S/C18H20F2N4O4/c1-21-18(23-5-6-25-13-3-2-4-22-10-13)24-9-12-7-15-16(27-11-26-15)8-14(12)28-17(19)20/h2-4,7-8,10,17H,5-6,9,11H2,1H3,(H2,21,23,24). The number of aliphatic imine (C=N–C) groups is 1. The lowest BCUT2D eigenvalue weighted by atomic mass is 10.1. The van der Waals surface area contributed by atoms with Crippen LogP contribution in [0.4, 0.5) is 8.78 Å². The molecule has 0 spiro atoms. The monoisotopic (exact) mass is 394 g/mol. The van der Waals surface area contributed by atoms with E-state index >= 15 is 0 Å². The van der Waals surface area contributed by atoms with Gasteiger partial charge in [-0.15, -0.1) is 0 Å². The molecule has 0 atom stereocenters. The summed E-state index contributed by atoms with van der Waals surface area (Å²) in [5.74, 6) is 2.01. The van der Waals surface area contributed by atoms with E-state index in [0.717, 1.165) is 0 Å². The zero-order valence-electron chi connectivity index (χ0n) is 15.2. The van der Waals surface area contributed by atoms with Gasteiger partial charge < -0.3 is 29.6 Å². The molecule has 0 aliphatic carbocycles. The minimum absolute atomic E-state index is 0.0158. The van der Waals surface area contributed by atoms with Gasteiger partial charge in [0.25, 0.3) is 0 Å². The van der Waals surface area contributed by atoms with Crippen molar-refractivity contribution in [1.29, 1.82) is 0 Å². The van der Waals surface area contributed by atoms with Gasteiger partial charge in [0.1, 0.15) is 18.1 Å². The Morgan fingerprint density at radius 1 is 1.29 bits per heavy atom. The Labute approximate surface area is 160 Å². The zero-order chi connectivity index (χ0) is 19.8. The van der Waals surface area contributed by atoms with Gasteiger partial charge in [-0.2, -0.15) is 8.78 Å². The van der Waals surface area contributed by atoms with Crippen molar-refractivity contribution in [2.75, 3.05) is 27.0 Å². The van der Waals surface area contributed by atoms with Crippen molar-refractivity contribution in [2.45, 2.75) is 13.2 Å². The fraction of sp³-hybridized carbons (Fsp3) is 0.333. The predicted octanol–water partition coefficient (Wildman–Crippen LogP) is 2.16. The van der Waals surface area contributed by atoms with Gasteiger partial charge in [0.2, 0.25) is 6.79 Å². The number of pyridine rings is 1. The highest BCUT2D eigenvalue weighted by molar-refractivity contribution is 5.79. The van der Waals surface area contributed by atoms with Crippen molar-refractivity contribution in [3.8, 4) is 23.0 Å². The number of halogens is 2. The van der Waals surface area contributed by atoms with Crippen LogP contribution in [-0.2, 0) is 6.54 Å². The van der Waals surface area contributed by atoms with Crippen molar-refractivity contribution in [2.24, 2.45) is 4.99 Å². The van der Waals surface area contributed by atoms with E-state index in [-0.39, 0.29) is 19.1 Å². The first-order valence-electron chi connectivity index (χ1n) is 8.50. The summed E-state index contributed by atoms with van der Waals surface area (Å²) in [5, 5.41) is 6.11. The molecule has 28 heavy (non-hydrogen) atoms. The number of aromatic nitrogens is 1. The molecule has 3 rings (SSSR count). The molecule has 2 heterocycles. The molecule has 0 unspecified atom stereocenters. The number of guanidine groups is 1. The molecular weight excluding hydrogens is 374 g/mol. The van der Waals surface area contributed by atoms with E-state index in [1.165, 1.54) is 6.07 Å². The van der Waals surface area contributed by atoms with E-state index < -0.39 is 6.61 Å². The molecule has 1 aromatic carbocycles. The quantitative estimate of drug-likeness (QED) is 0.403. The van der Waals surface area contributed by atoms with Gasteiger partial charge in [-0.25, -0.2) is 0 Å². The van der Waals surface area contributed by atoms with E-state index in [4.69, 9.17) is 14.2 Å². The van der Waals surface area contributed by atoms with Crippen LogP contribution in [0.15, 0.2) is 41.7 Å². The van der Waals surface area contributed by atoms with Gasteiger partial charge in [0.05, 0.1) is 12.7 Å². The average molecular weight is 394 g/mol. The van der Waals surface area contributed by atoms with Gasteiger partial charge >= 0.3 is 6.61 Å². The first-order chi connectivity index (χ1) is 13.7. The topological polar surface area (TPSA) is 86.2 Å². The van der Waals surface area contributed by atoms with Crippen LogP contribution in [0, 0.1) is 0 Å². The summed E-state index contributed by atoms with van der Waals surface area (Å²) >= 11 is 0. The molecule has 1 aromatic heterocycles. The molecule has 2 aromatic rings. The van der Waals surface area contributed by atoms with Crippen molar-refractivity contribution in [1.82, 2.24) is 15.6 Å². The van der Waals surface area contributed by atoms with Crippen molar-refractivity contribution in [3.05, 3.63) is 42.2 Å². The number of nitrogens with one attached hydrogen (secondary N) is 2. The Balaban J connectivity index is 1.53. The maximum atomic E-state index is 12.7. The molecule has 0 saturated heterocycles. The molecule has 0 amide bonds. The lowest BCUT2D eigenvalue weighted by Crippen LogP contribution is -2.39. The van der Waals surface area contributed by atoms with Crippen LogP contribution < -0.4 is 29.6 Å². The summed E-state index contributed by atoms with van der Waals surface area (Å²) in [5.41, 5.74) is 0.485. The highest BCUT2D eigenvalue weighted by atomic mass is 19.3. The van der Waals surface area contributed by atoms with Gasteiger partial charge in [-0.1, -0.05) is 0 Å². The summed E-state index contributed by atoms with van der Waals surface area (Å²) in [7, 11) is 1.60. The van der Waals surface area contributed by atoms with Gasteiger partial charge in [0.15, 0.2) is 17.5 Å². The van der Waals surface area contributed by atoms with Crippen molar-refractivity contribution in [3.63, 3.8) is 0 Å². The Morgan fingerprint density at radius 2 is 2.11 bits per heavy atom. The Hall–Kier alpha value is -3.30. The molecule has 0 bridgehead atoms. The summed E-state index contributed by atoms with van der Waals surface area (Å²) in [6.07, 6.45) is 3.29. The van der Waals surface area contributed by atoms with E-state index in [0.29, 0.717) is 41.9 Å². The van der Waals surface area contributed by atoms with E-state index in [9.17, 15) is 8.78 Å². The summed E-state index contributed by atoms with van der Waals surface area (Å²) in [4.78, 5) is 8.06. The second-order valence-electron chi connectivity index (χ2n) is 5.58. The van der Waals surface area contributed by atoms with Crippen LogP contribution in [0.25, 0.3) is 0 Å². The van der Waals surface area contributed by atoms with Gasteiger partial charge in [-0.05, 0) is 18.2 Å². The summed E-state index contributed by atoms with van der Waals surface area (Å²) in [6, 6.07) is 6.59. The van der Waals surface area contributed by atoms with E-state index in [2.05, 4.69) is 25.3 Å². The highest BCUT2D eigenvalue weighted by Crippen LogP contribution is 2.38. The number of nitrogens with zero attached hydrogens (tertiary/aromatic N) is 2. The predicted molar refractivity (Wildman–Crippen MR) is 97.1 cm³/mol. The SMILES string of the molecule is CN=C(NCCOc1cccnc1)NCc1cc2c(cc1OC(F)F)OCO2. The first kappa shape index (κ1) is 19.5. The van der Waals surface area contributed by atoms with Gasteiger partial charge in [-0.3, -0.25) is 9.98 Å². The van der Waals surface area contributed by atoms with Crippen molar-refractivity contribution < 1.29 is 27.7 Å². The van der Waals surface area contributed by atoms with Crippen LogP contribution in [0.3, 0.4) is 0 Å². The molecule has 0 radical (unpaired) electrons. The normalized spacial score (nSPS) is 12.8. The van der Waals surface area contributed by atoms with Crippen molar-refractivity contribution >= 4 is 5.96 Å². The molecule has 8 nitrogen and oxygen atoms in total. The molecule has 0 saturated carbocycles. The minimum atomic E-state index is -2.94. The Morgan fingerprint density at radius 3 is 2.82 bits per heavy atom. The third-order valence-corrected chi connectivity index (χ3v) is 3.74. The molecule has 1 aliphatic heterocycles. The maximum absolute atomic E-state index is 12.7. The largest absolute Gasteiger partial charge is 0.490 e. The molecule has 10 heteroatoms. The molecule has 150 valence electrons. The van der Waals surface area contributed by atoms with Crippen LogP contribution in [-0.4, -0.2) is 44.5 Å². The second-order valence-corrected chi connectivity index (χ2v) is 5.58. The lowest BCUT2D eigenvalue weighted by Gasteiger charge is -2.15. The number of rotatable bonds is 8. The number of fused-ring (bicyclic) bond motifs is 1. The van der Waals surface area contributed by atoms with Crippen LogP contribution in [0.5, 0.6) is 23.0 Å². The van der Waals surface area contributed by atoms with E-state index in [1.807, 2.05) is 6.07 Å². The van der Waals surface area contributed by atoms with Crippen LogP contribution >= 0.6 is 0 Å². The number of ether oxygens (including phenoxy) is 4. The number of alkyl halides is 2. The molecule has 0 fully saturated rings. The number of hydrogen-bond acceptors (Lipinski definition) is 6. The maximum Gasteiger partial charge on any atom is 0.387 e. The fourth-order valence-electron chi connectivity index (χ4n) is 2.48. The highest BCUT2D eigenvalue weighted by Gasteiger charge is 2.20. The average Bonchev–Trinajstić information content (AvgIpc) is 3.15. The van der Waals surface area contributed by atoms with E-state index in [1.54, 1.807) is 31.6 Å². The summed E-state index contributed by atoms with van der Waals surface area (Å²) < 4.78 is 46.0. The Bertz CT molecular complexity index is 806. The van der Waals surface area contributed by atoms with Gasteiger partial charge in [0, 0.05) is 31.4 Å². The second kappa shape index (κ2) is 9.58. The third-order valence-electron chi connectivity index (χ3n) is 3.74.